The van der Waals surface area contributed by atoms with Gasteiger partial charge in [0.2, 0.25) is 5.91 Å². The fraction of sp³-hybridized carbons (Fsp3) is 0.550. The SMILES string of the molecule is COC(=O)C(COCc1ccccc1)NC(=O)C(C)(C)NC(=O)OC(C)(C)C. The molecule has 2 N–H and O–H groups in total. The molecule has 2 amide bonds. The largest absolute Gasteiger partial charge is 0.467 e. The lowest BCUT2D eigenvalue weighted by Crippen LogP contribution is -2.59. The number of methoxy groups -OCH3 is 1. The molecule has 0 aromatic heterocycles. The average molecular weight is 394 g/mol. The second-order valence-corrected chi connectivity index (χ2v) is 7.80. The fourth-order valence-electron chi connectivity index (χ4n) is 2.13. The number of carbonyl (C=O) groups excluding carboxylic acids is 3. The van der Waals surface area contributed by atoms with E-state index in [-0.39, 0.29) is 13.2 Å². The van der Waals surface area contributed by atoms with E-state index in [1.54, 1.807) is 20.8 Å². The Kier molecular flexibility index (Phi) is 8.43. The van der Waals surface area contributed by atoms with Crippen molar-refractivity contribution in [1.82, 2.24) is 10.6 Å². The normalized spacial score (nSPS) is 12.6. The van der Waals surface area contributed by atoms with Crippen molar-refractivity contribution in [1.29, 1.82) is 0 Å². The number of carbonyl (C=O) groups is 3. The molecule has 0 saturated heterocycles. The summed E-state index contributed by atoms with van der Waals surface area (Å²) in [5, 5.41) is 5.04. The van der Waals surface area contributed by atoms with Crippen LogP contribution in [0.3, 0.4) is 0 Å². The van der Waals surface area contributed by atoms with Crippen molar-refractivity contribution in [3.8, 4) is 0 Å². The lowest BCUT2D eigenvalue weighted by molar-refractivity contribution is -0.147. The van der Waals surface area contributed by atoms with Crippen molar-refractivity contribution in [3.63, 3.8) is 0 Å². The van der Waals surface area contributed by atoms with Gasteiger partial charge in [0.1, 0.15) is 11.1 Å². The van der Waals surface area contributed by atoms with Crippen LogP contribution >= 0.6 is 0 Å². The molecule has 8 heteroatoms. The highest BCUT2D eigenvalue weighted by atomic mass is 16.6. The Morgan fingerprint density at radius 2 is 1.64 bits per heavy atom. The smallest absolute Gasteiger partial charge is 0.408 e. The molecule has 0 heterocycles. The van der Waals surface area contributed by atoms with E-state index in [0.29, 0.717) is 0 Å². The summed E-state index contributed by atoms with van der Waals surface area (Å²) in [6.45, 7) is 8.38. The summed E-state index contributed by atoms with van der Waals surface area (Å²) >= 11 is 0. The lowest BCUT2D eigenvalue weighted by Gasteiger charge is -2.29. The van der Waals surface area contributed by atoms with Crippen molar-refractivity contribution in [2.75, 3.05) is 13.7 Å². The van der Waals surface area contributed by atoms with Gasteiger partial charge in [-0.1, -0.05) is 30.3 Å². The summed E-state index contributed by atoms with van der Waals surface area (Å²) in [4.78, 5) is 36.5. The number of esters is 1. The zero-order chi connectivity index (χ0) is 21.4. The molecule has 0 bridgehead atoms. The Labute approximate surface area is 165 Å². The highest BCUT2D eigenvalue weighted by molar-refractivity contribution is 5.92. The number of hydrogen-bond donors (Lipinski definition) is 2. The molecule has 8 nitrogen and oxygen atoms in total. The number of benzene rings is 1. The molecule has 1 aromatic carbocycles. The van der Waals surface area contributed by atoms with E-state index >= 15 is 0 Å². The minimum atomic E-state index is -1.31. The van der Waals surface area contributed by atoms with E-state index in [2.05, 4.69) is 10.6 Å². The highest BCUT2D eigenvalue weighted by Gasteiger charge is 2.34. The summed E-state index contributed by atoms with van der Waals surface area (Å²) in [5.74, 6) is -1.22. The van der Waals surface area contributed by atoms with Gasteiger partial charge in [-0.05, 0) is 40.2 Å². The number of alkyl carbamates (subject to hydrolysis) is 1. The molecule has 1 atom stereocenters. The highest BCUT2D eigenvalue weighted by Crippen LogP contribution is 2.10. The summed E-state index contributed by atoms with van der Waals surface area (Å²) in [7, 11) is 1.22. The molecule has 1 rings (SSSR count). The molecule has 0 aliphatic heterocycles. The summed E-state index contributed by atoms with van der Waals surface area (Å²) in [6, 6.07) is 8.41. The van der Waals surface area contributed by atoms with Crippen LogP contribution in [-0.2, 0) is 30.4 Å². The predicted octanol–water partition coefficient (Wildman–Crippen LogP) is 2.16. The first-order chi connectivity index (χ1) is 12.9. The first kappa shape index (κ1) is 23.4. The molecule has 0 radical (unpaired) electrons. The van der Waals surface area contributed by atoms with Crippen molar-refractivity contribution >= 4 is 18.0 Å². The third kappa shape index (κ3) is 8.39. The second kappa shape index (κ2) is 10.1. The van der Waals surface area contributed by atoms with E-state index < -0.39 is 35.2 Å². The van der Waals surface area contributed by atoms with Crippen molar-refractivity contribution in [2.45, 2.75) is 58.4 Å². The zero-order valence-corrected chi connectivity index (χ0v) is 17.3. The summed E-state index contributed by atoms with van der Waals surface area (Å²) < 4.78 is 15.4. The number of nitrogens with one attached hydrogen (secondary N) is 2. The molecule has 0 aliphatic rings. The van der Waals surface area contributed by atoms with E-state index in [1.165, 1.54) is 21.0 Å². The van der Waals surface area contributed by atoms with Gasteiger partial charge < -0.3 is 24.8 Å². The van der Waals surface area contributed by atoms with Crippen LogP contribution in [0.4, 0.5) is 4.79 Å². The number of hydrogen-bond acceptors (Lipinski definition) is 6. The lowest BCUT2D eigenvalue weighted by atomic mass is 10.0. The number of ether oxygens (including phenoxy) is 3. The standard InChI is InChI=1S/C20H30N2O6/c1-19(2,3)28-18(25)22-20(4,5)17(24)21-15(16(23)26-6)13-27-12-14-10-8-7-9-11-14/h7-11,15H,12-13H2,1-6H3,(H,21,24)(H,22,25). The number of rotatable bonds is 8. The number of amides is 2. The van der Waals surface area contributed by atoms with Gasteiger partial charge in [0.15, 0.2) is 6.04 Å². The van der Waals surface area contributed by atoms with Gasteiger partial charge in [-0.25, -0.2) is 9.59 Å². The first-order valence-corrected chi connectivity index (χ1v) is 8.96. The monoisotopic (exact) mass is 394 g/mol. The predicted molar refractivity (Wildman–Crippen MR) is 103 cm³/mol. The first-order valence-electron chi connectivity index (χ1n) is 8.96. The van der Waals surface area contributed by atoms with Crippen molar-refractivity contribution < 1.29 is 28.6 Å². The third-order valence-corrected chi connectivity index (χ3v) is 3.57. The Morgan fingerprint density at radius 3 is 2.18 bits per heavy atom. The Morgan fingerprint density at radius 1 is 1.04 bits per heavy atom. The van der Waals surface area contributed by atoms with E-state index in [1.807, 2.05) is 30.3 Å². The van der Waals surface area contributed by atoms with Crippen LogP contribution in [0.2, 0.25) is 0 Å². The molecule has 28 heavy (non-hydrogen) atoms. The van der Waals surface area contributed by atoms with Crippen molar-refractivity contribution in [2.24, 2.45) is 0 Å². The second-order valence-electron chi connectivity index (χ2n) is 7.80. The van der Waals surface area contributed by atoms with Gasteiger partial charge in [0, 0.05) is 0 Å². The summed E-state index contributed by atoms with van der Waals surface area (Å²) in [6.07, 6.45) is -0.734. The van der Waals surface area contributed by atoms with Crippen LogP contribution in [0.25, 0.3) is 0 Å². The van der Waals surface area contributed by atoms with Crippen LogP contribution in [0.15, 0.2) is 30.3 Å². The van der Waals surface area contributed by atoms with E-state index in [4.69, 9.17) is 14.2 Å². The van der Waals surface area contributed by atoms with E-state index in [9.17, 15) is 14.4 Å². The maximum atomic E-state index is 12.6. The molecule has 0 aliphatic carbocycles. The molecular weight excluding hydrogens is 364 g/mol. The van der Waals surface area contributed by atoms with Gasteiger partial charge in [-0.2, -0.15) is 0 Å². The Bertz CT molecular complexity index is 667. The van der Waals surface area contributed by atoms with Crippen LogP contribution in [0.5, 0.6) is 0 Å². The molecule has 156 valence electrons. The van der Waals surface area contributed by atoms with Gasteiger partial charge in [0.05, 0.1) is 20.3 Å². The maximum absolute atomic E-state index is 12.6. The van der Waals surface area contributed by atoms with Crippen LogP contribution in [0.1, 0.15) is 40.2 Å². The van der Waals surface area contributed by atoms with Crippen molar-refractivity contribution in [3.05, 3.63) is 35.9 Å². The molecule has 0 fully saturated rings. The van der Waals surface area contributed by atoms with Gasteiger partial charge in [-0.3, -0.25) is 4.79 Å². The third-order valence-electron chi connectivity index (χ3n) is 3.57. The topological polar surface area (TPSA) is 103 Å². The average Bonchev–Trinajstić information content (AvgIpc) is 2.58. The molecule has 1 aromatic rings. The molecule has 0 spiro atoms. The quantitative estimate of drug-likeness (QED) is 0.655. The fourth-order valence-corrected chi connectivity index (χ4v) is 2.13. The Hall–Kier alpha value is -2.61. The molecular formula is C20H30N2O6. The maximum Gasteiger partial charge on any atom is 0.408 e. The van der Waals surface area contributed by atoms with Crippen LogP contribution in [0, 0.1) is 0 Å². The molecule has 1 unspecified atom stereocenters. The van der Waals surface area contributed by atoms with Gasteiger partial charge in [-0.15, -0.1) is 0 Å². The van der Waals surface area contributed by atoms with Crippen LogP contribution in [-0.4, -0.2) is 48.9 Å². The minimum Gasteiger partial charge on any atom is -0.467 e. The van der Waals surface area contributed by atoms with Gasteiger partial charge >= 0.3 is 12.1 Å². The van der Waals surface area contributed by atoms with Crippen LogP contribution < -0.4 is 10.6 Å². The van der Waals surface area contributed by atoms with E-state index in [0.717, 1.165) is 5.56 Å². The molecule has 0 saturated carbocycles. The van der Waals surface area contributed by atoms with Gasteiger partial charge in [0.25, 0.3) is 0 Å². The summed E-state index contributed by atoms with van der Waals surface area (Å²) in [5.41, 5.74) is -1.07. The minimum absolute atomic E-state index is 0.0736. The zero-order valence-electron chi connectivity index (χ0n) is 17.3. The Balaban J connectivity index is 2.66.